The summed E-state index contributed by atoms with van der Waals surface area (Å²) in [6.07, 6.45) is 3.64. The first kappa shape index (κ1) is 22.4. The number of anilines is 1. The Morgan fingerprint density at radius 3 is 2.29 bits per heavy atom. The minimum atomic E-state index is -0.327. The van der Waals surface area contributed by atoms with Gasteiger partial charge in [0.1, 0.15) is 5.82 Å². The lowest BCUT2D eigenvalue weighted by Gasteiger charge is -2.31. The number of aromatic nitrogens is 3. The van der Waals surface area contributed by atoms with Gasteiger partial charge in [0, 0.05) is 52.1 Å². The number of nitrogens with zero attached hydrogens (tertiary/aromatic N) is 4. The highest BCUT2D eigenvalue weighted by atomic mass is 35.5. The van der Waals surface area contributed by atoms with E-state index in [0.717, 1.165) is 24.3 Å². The highest BCUT2D eigenvalue weighted by Crippen LogP contribution is 2.28. The summed E-state index contributed by atoms with van der Waals surface area (Å²) in [6, 6.07) is 17.4. The fourth-order valence-corrected chi connectivity index (χ4v) is 4.77. The van der Waals surface area contributed by atoms with Crippen molar-refractivity contribution in [3.63, 3.8) is 0 Å². The van der Waals surface area contributed by atoms with Gasteiger partial charge in [-0.15, -0.1) is 10.2 Å². The Morgan fingerprint density at radius 2 is 1.59 bits per heavy atom. The van der Waals surface area contributed by atoms with Gasteiger partial charge in [-0.2, -0.15) is 0 Å². The minimum absolute atomic E-state index is 0.0240. The van der Waals surface area contributed by atoms with Gasteiger partial charge in [-0.3, -0.25) is 14.0 Å². The molecule has 2 aromatic carbocycles. The number of pyridine rings is 1. The van der Waals surface area contributed by atoms with Crippen LogP contribution in [0.1, 0.15) is 45.3 Å². The fourth-order valence-electron chi connectivity index (χ4n) is 4.25. The molecular formula is C25H21Cl2N5O2. The second-order valence-corrected chi connectivity index (χ2v) is 9.12. The van der Waals surface area contributed by atoms with Crippen molar-refractivity contribution in [2.75, 3.05) is 18.4 Å². The van der Waals surface area contributed by atoms with Crippen LogP contribution in [0.5, 0.6) is 0 Å². The molecule has 1 N–H and O–H groups in total. The van der Waals surface area contributed by atoms with Crippen molar-refractivity contribution in [2.45, 2.75) is 18.8 Å². The molecule has 4 aromatic rings. The van der Waals surface area contributed by atoms with Gasteiger partial charge >= 0.3 is 0 Å². The van der Waals surface area contributed by atoms with Crippen molar-refractivity contribution < 1.29 is 9.59 Å². The maximum absolute atomic E-state index is 13.0. The highest BCUT2D eigenvalue weighted by Gasteiger charge is 2.27. The Balaban J connectivity index is 1.20. The summed E-state index contributed by atoms with van der Waals surface area (Å²) in [6.45, 7) is 1.30. The Labute approximate surface area is 206 Å². The van der Waals surface area contributed by atoms with Crippen molar-refractivity contribution in [3.05, 3.63) is 93.9 Å². The smallest absolute Gasteiger partial charge is 0.255 e. The number of piperidine rings is 1. The second kappa shape index (κ2) is 9.44. The number of likely N-dealkylation sites (tertiary alicyclic amines) is 1. The van der Waals surface area contributed by atoms with Crippen molar-refractivity contribution in [3.8, 4) is 0 Å². The third-order valence-corrected chi connectivity index (χ3v) is 6.44. The predicted molar refractivity (Wildman–Crippen MR) is 132 cm³/mol. The molecule has 0 radical (unpaired) electrons. The molecule has 1 aliphatic rings. The van der Waals surface area contributed by atoms with Crippen LogP contribution in [0.4, 0.5) is 5.69 Å². The molecule has 172 valence electrons. The Kier molecular flexibility index (Phi) is 6.22. The van der Waals surface area contributed by atoms with Gasteiger partial charge in [-0.1, -0.05) is 29.3 Å². The van der Waals surface area contributed by atoms with Gasteiger partial charge in [0.2, 0.25) is 0 Å². The molecule has 0 saturated carbocycles. The number of carbonyl (C=O) groups excluding carboxylic acids is 2. The molecule has 5 rings (SSSR count). The summed E-state index contributed by atoms with van der Waals surface area (Å²) in [5.41, 5.74) is 2.35. The van der Waals surface area contributed by atoms with E-state index in [1.54, 1.807) is 42.5 Å². The SMILES string of the molecule is O=C(Nc1ccc(C(=O)N2CCC(c3nnc4ccccn34)CC2)cc1)c1cc(Cl)cc(Cl)c1. The van der Waals surface area contributed by atoms with Crippen LogP contribution < -0.4 is 5.32 Å². The van der Waals surface area contributed by atoms with Crippen LogP contribution in [-0.2, 0) is 0 Å². The van der Waals surface area contributed by atoms with Crippen molar-refractivity contribution in [1.82, 2.24) is 19.5 Å². The van der Waals surface area contributed by atoms with E-state index in [1.807, 2.05) is 33.7 Å². The zero-order chi connectivity index (χ0) is 23.7. The molecule has 0 bridgehead atoms. The summed E-state index contributed by atoms with van der Waals surface area (Å²) in [5.74, 6) is 0.860. The summed E-state index contributed by atoms with van der Waals surface area (Å²) in [5, 5.41) is 12.2. The first-order chi connectivity index (χ1) is 16.5. The summed E-state index contributed by atoms with van der Waals surface area (Å²) in [4.78, 5) is 27.4. The molecule has 1 fully saturated rings. The van der Waals surface area contributed by atoms with Gasteiger partial charge in [0.15, 0.2) is 5.65 Å². The van der Waals surface area contributed by atoms with Gasteiger partial charge in [-0.05, 0) is 67.4 Å². The highest BCUT2D eigenvalue weighted by molar-refractivity contribution is 6.35. The molecule has 0 spiro atoms. The quantitative estimate of drug-likeness (QED) is 0.417. The minimum Gasteiger partial charge on any atom is -0.339 e. The van der Waals surface area contributed by atoms with Gasteiger partial charge in [-0.25, -0.2) is 0 Å². The standard InChI is InChI=1S/C25H21Cl2N5O2/c26-19-13-18(14-20(27)15-19)24(33)28-21-6-4-17(5-7-21)25(34)31-11-8-16(9-12-31)23-30-29-22-3-1-2-10-32(22)23/h1-7,10,13-16H,8-9,11-12H2,(H,28,33). The number of hydrogen-bond acceptors (Lipinski definition) is 4. The molecule has 2 aromatic heterocycles. The van der Waals surface area contributed by atoms with Crippen molar-refractivity contribution in [1.29, 1.82) is 0 Å². The van der Waals surface area contributed by atoms with Crippen molar-refractivity contribution in [2.24, 2.45) is 0 Å². The first-order valence-electron chi connectivity index (χ1n) is 10.9. The lowest BCUT2D eigenvalue weighted by molar-refractivity contribution is 0.0711. The maximum Gasteiger partial charge on any atom is 0.255 e. The van der Waals surface area contributed by atoms with Crippen LogP contribution in [0.3, 0.4) is 0 Å². The van der Waals surface area contributed by atoms with Crippen LogP contribution in [0.15, 0.2) is 66.9 Å². The number of nitrogens with one attached hydrogen (secondary N) is 1. The lowest BCUT2D eigenvalue weighted by atomic mass is 9.95. The third-order valence-electron chi connectivity index (χ3n) is 6.00. The van der Waals surface area contributed by atoms with E-state index < -0.39 is 0 Å². The maximum atomic E-state index is 13.0. The molecule has 0 aliphatic carbocycles. The van der Waals surface area contributed by atoms with Crippen LogP contribution in [0, 0.1) is 0 Å². The summed E-state index contributed by atoms with van der Waals surface area (Å²) >= 11 is 12.0. The number of benzene rings is 2. The van der Waals surface area contributed by atoms with Crippen molar-refractivity contribution >= 4 is 46.4 Å². The Hall–Kier alpha value is -3.42. The van der Waals surface area contributed by atoms with Crippen LogP contribution in [0.2, 0.25) is 10.0 Å². The molecule has 1 aliphatic heterocycles. The van der Waals surface area contributed by atoms with E-state index in [1.165, 1.54) is 0 Å². The van der Waals surface area contributed by atoms with Crippen LogP contribution in [-0.4, -0.2) is 44.4 Å². The van der Waals surface area contributed by atoms with Crippen LogP contribution in [0.25, 0.3) is 5.65 Å². The molecule has 1 saturated heterocycles. The first-order valence-corrected chi connectivity index (χ1v) is 11.7. The van der Waals surface area contributed by atoms with E-state index in [2.05, 4.69) is 15.5 Å². The van der Waals surface area contributed by atoms with Gasteiger partial charge in [0.25, 0.3) is 11.8 Å². The van der Waals surface area contributed by atoms with E-state index in [4.69, 9.17) is 23.2 Å². The zero-order valence-electron chi connectivity index (χ0n) is 18.1. The predicted octanol–water partition coefficient (Wildman–Crippen LogP) is 5.31. The number of amides is 2. The number of rotatable bonds is 4. The van der Waals surface area contributed by atoms with E-state index in [-0.39, 0.29) is 17.7 Å². The van der Waals surface area contributed by atoms with E-state index in [0.29, 0.717) is 39.9 Å². The Bertz CT molecular complexity index is 1340. The summed E-state index contributed by atoms with van der Waals surface area (Å²) < 4.78 is 2.02. The van der Waals surface area contributed by atoms with E-state index in [9.17, 15) is 9.59 Å². The number of carbonyl (C=O) groups is 2. The van der Waals surface area contributed by atoms with E-state index >= 15 is 0 Å². The van der Waals surface area contributed by atoms with Crippen LogP contribution >= 0.6 is 23.2 Å². The molecular weight excluding hydrogens is 473 g/mol. The number of hydrogen-bond donors (Lipinski definition) is 1. The molecule has 7 nitrogen and oxygen atoms in total. The molecule has 0 atom stereocenters. The monoisotopic (exact) mass is 493 g/mol. The average molecular weight is 494 g/mol. The average Bonchev–Trinajstić information content (AvgIpc) is 3.28. The van der Waals surface area contributed by atoms with Gasteiger partial charge < -0.3 is 10.2 Å². The third kappa shape index (κ3) is 4.62. The lowest BCUT2D eigenvalue weighted by Crippen LogP contribution is -2.38. The molecule has 2 amide bonds. The fraction of sp³-hybridized carbons (Fsp3) is 0.200. The number of halogens is 2. The second-order valence-electron chi connectivity index (χ2n) is 8.24. The normalized spacial score (nSPS) is 14.4. The topological polar surface area (TPSA) is 79.6 Å². The largest absolute Gasteiger partial charge is 0.339 e. The Morgan fingerprint density at radius 1 is 0.882 bits per heavy atom. The van der Waals surface area contributed by atoms with Gasteiger partial charge in [0.05, 0.1) is 0 Å². The molecule has 9 heteroatoms. The summed E-state index contributed by atoms with van der Waals surface area (Å²) in [7, 11) is 0. The zero-order valence-corrected chi connectivity index (χ0v) is 19.6. The molecule has 0 unspecified atom stereocenters. The molecule has 34 heavy (non-hydrogen) atoms. The molecule has 3 heterocycles. The number of fused-ring (bicyclic) bond motifs is 1.